The average molecular weight is 383 g/mol. The summed E-state index contributed by atoms with van der Waals surface area (Å²) < 4.78 is 20.1. The van der Waals surface area contributed by atoms with Crippen LogP contribution in [-0.2, 0) is 4.79 Å². The Balaban J connectivity index is 1.51. The van der Waals surface area contributed by atoms with E-state index < -0.39 is 11.2 Å². The molecule has 0 radical (unpaired) electrons. The van der Waals surface area contributed by atoms with Crippen LogP contribution in [0.1, 0.15) is 22.3 Å². The lowest BCUT2D eigenvalue weighted by molar-refractivity contribution is -0.128. The lowest BCUT2D eigenvalue weighted by Gasteiger charge is -2.28. The molecule has 2 aliphatic heterocycles. The first-order valence-electron chi connectivity index (χ1n) is 9.37. The minimum atomic E-state index is -0.697. The van der Waals surface area contributed by atoms with Gasteiger partial charge in [-0.3, -0.25) is 14.6 Å². The van der Waals surface area contributed by atoms with Gasteiger partial charge in [0.1, 0.15) is 11.6 Å². The van der Waals surface area contributed by atoms with Crippen LogP contribution in [0.25, 0.3) is 0 Å². The summed E-state index contributed by atoms with van der Waals surface area (Å²) in [6.45, 7) is 3.26. The molecule has 4 rings (SSSR count). The van der Waals surface area contributed by atoms with Crippen LogP contribution in [0, 0.1) is 24.1 Å². The van der Waals surface area contributed by atoms with Crippen LogP contribution in [0.3, 0.4) is 0 Å². The minimum absolute atomic E-state index is 0.0622. The van der Waals surface area contributed by atoms with E-state index in [1.807, 2.05) is 6.07 Å². The molecule has 2 amide bonds. The van der Waals surface area contributed by atoms with Crippen molar-refractivity contribution in [2.75, 3.05) is 26.2 Å². The Bertz CT molecular complexity index is 885. The van der Waals surface area contributed by atoms with Crippen LogP contribution in [0.2, 0.25) is 0 Å². The maximum absolute atomic E-state index is 14.2. The van der Waals surface area contributed by atoms with Crippen LogP contribution in [0.5, 0.6) is 5.75 Å². The van der Waals surface area contributed by atoms with E-state index >= 15 is 0 Å². The topological polar surface area (TPSA) is 71.5 Å². The third kappa shape index (κ3) is 3.10. The van der Waals surface area contributed by atoms with Gasteiger partial charge in [0.05, 0.1) is 23.8 Å². The third-order valence-corrected chi connectivity index (χ3v) is 5.85. The number of aromatic nitrogens is 1. The van der Waals surface area contributed by atoms with Crippen molar-refractivity contribution in [3.05, 3.63) is 59.7 Å². The van der Waals surface area contributed by atoms with Gasteiger partial charge in [-0.1, -0.05) is 12.1 Å². The molecule has 1 N–H and O–H groups in total. The number of pyridine rings is 1. The zero-order valence-corrected chi connectivity index (χ0v) is 15.7. The average Bonchev–Trinajstić information content (AvgIpc) is 3.27. The van der Waals surface area contributed by atoms with Gasteiger partial charge in [0.25, 0.3) is 5.91 Å². The second-order valence-corrected chi connectivity index (χ2v) is 7.47. The molecule has 0 bridgehead atoms. The number of aryl methyl sites for hydroxylation is 1. The summed E-state index contributed by atoms with van der Waals surface area (Å²) in [5.41, 5.74) is -0.0174. The molecule has 0 unspecified atom stereocenters. The molecule has 7 heteroatoms. The molecule has 2 saturated heterocycles. The number of carbonyl (C=O) groups excluding carboxylic acids is 2. The number of nitrogens with one attached hydrogen (secondary N) is 1. The zero-order chi connectivity index (χ0) is 19.7. The Morgan fingerprint density at radius 2 is 2.25 bits per heavy atom. The standard InChI is InChI=1S/C21H22FN3O3/c1-14-4-2-6-17(22)18(14)19(26)25-9-7-21(13-25)15(10-24-20(21)27)12-28-16-5-3-8-23-11-16/h2-6,8,11,15H,7,9-10,12-13H2,1H3,(H,24,27)/t15-,21-/m1/s1. The van der Waals surface area contributed by atoms with E-state index in [0.717, 1.165) is 0 Å². The molecule has 3 heterocycles. The molecule has 2 fully saturated rings. The number of carbonyl (C=O) groups is 2. The summed E-state index contributed by atoms with van der Waals surface area (Å²) in [5.74, 6) is -0.380. The van der Waals surface area contributed by atoms with Crippen molar-refractivity contribution in [2.24, 2.45) is 11.3 Å². The number of ether oxygens (including phenoxy) is 1. The summed E-state index contributed by atoms with van der Waals surface area (Å²) in [6, 6.07) is 8.20. The largest absolute Gasteiger partial charge is 0.492 e. The van der Waals surface area contributed by atoms with Crippen LogP contribution in [-0.4, -0.2) is 47.9 Å². The Morgan fingerprint density at radius 1 is 1.39 bits per heavy atom. The normalized spacial score (nSPS) is 23.9. The maximum Gasteiger partial charge on any atom is 0.257 e. The van der Waals surface area contributed by atoms with Gasteiger partial charge in [-0.2, -0.15) is 0 Å². The number of benzene rings is 1. The number of hydrogen-bond acceptors (Lipinski definition) is 4. The molecule has 0 aliphatic carbocycles. The SMILES string of the molecule is Cc1cccc(F)c1C(=O)N1CC[C@]2(C1)C(=O)NC[C@@H]2COc1cccnc1. The van der Waals surface area contributed by atoms with Crippen LogP contribution in [0.15, 0.2) is 42.7 Å². The number of nitrogens with zero attached hydrogens (tertiary/aromatic N) is 2. The summed E-state index contributed by atoms with van der Waals surface area (Å²) in [4.78, 5) is 31.2. The molecule has 2 aliphatic rings. The maximum atomic E-state index is 14.2. The van der Waals surface area contributed by atoms with Crippen LogP contribution < -0.4 is 10.1 Å². The third-order valence-electron chi connectivity index (χ3n) is 5.85. The molecule has 28 heavy (non-hydrogen) atoms. The highest BCUT2D eigenvalue weighted by Crippen LogP contribution is 2.42. The zero-order valence-electron chi connectivity index (χ0n) is 15.7. The van der Waals surface area contributed by atoms with Gasteiger partial charge in [0, 0.05) is 31.7 Å². The van der Waals surface area contributed by atoms with Gasteiger partial charge in [0.15, 0.2) is 0 Å². The first-order chi connectivity index (χ1) is 13.5. The summed E-state index contributed by atoms with van der Waals surface area (Å²) in [5, 5.41) is 2.91. The highest BCUT2D eigenvalue weighted by atomic mass is 19.1. The Kier molecular flexibility index (Phi) is 4.75. The minimum Gasteiger partial charge on any atom is -0.492 e. The second-order valence-electron chi connectivity index (χ2n) is 7.47. The second kappa shape index (κ2) is 7.22. The molecular formula is C21H22FN3O3. The molecule has 1 aromatic carbocycles. The number of likely N-dealkylation sites (tertiary alicyclic amines) is 1. The van der Waals surface area contributed by atoms with E-state index in [0.29, 0.717) is 37.4 Å². The first kappa shape index (κ1) is 18.4. The summed E-state index contributed by atoms with van der Waals surface area (Å²) >= 11 is 0. The van der Waals surface area contributed by atoms with E-state index in [9.17, 15) is 14.0 Å². The van der Waals surface area contributed by atoms with Gasteiger partial charge < -0.3 is 15.0 Å². The molecule has 2 atom stereocenters. The Hall–Kier alpha value is -2.96. The van der Waals surface area contributed by atoms with Gasteiger partial charge in [0.2, 0.25) is 5.91 Å². The number of hydrogen-bond donors (Lipinski definition) is 1. The van der Waals surface area contributed by atoms with Crippen molar-refractivity contribution in [3.63, 3.8) is 0 Å². The van der Waals surface area contributed by atoms with Crippen molar-refractivity contribution in [3.8, 4) is 5.75 Å². The smallest absolute Gasteiger partial charge is 0.257 e. The number of rotatable bonds is 4. The number of amides is 2. The lowest BCUT2D eigenvalue weighted by Crippen LogP contribution is -2.41. The van der Waals surface area contributed by atoms with Gasteiger partial charge in [-0.25, -0.2) is 4.39 Å². The predicted octanol–water partition coefficient (Wildman–Crippen LogP) is 2.19. The van der Waals surface area contributed by atoms with Crippen molar-refractivity contribution in [1.29, 1.82) is 0 Å². The lowest BCUT2D eigenvalue weighted by atomic mass is 9.77. The summed E-state index contributed by atoms with van der Waals surface area (Å²) in [6.07, 6.45) is 3.83. The van der Waals surface area contributed by atoms with Gasteiger partial charge >= 0.3 is 0 Å². The highest BCUT2D eigenvalue weighted by molar-refractivity contribution is 5.97. The molecule has 6 nitrogen and oxygen atoms in total. The fraction of sp³-hybridized carbons (Fsp3) is 0.381. The van der Waals surface area contributed by atoms with E-state index in [4.69, 9.17) is 4.74 Å². The molecule has 0 saturated carbocycles. The molecule has 2 aromatic rings. The van der Waals surface area contributed by atoms with Crippen molar-refractivity contribution in [1.82, 2.24) is 15.2 Å². The number of halogens is 1. The van der Waals surface area contributed by atoms with Crippen molar-refractivity contribution in [2.45, 2.75) is 13.3 Å². The monoisotopic (exact) mass is 383 g/mol. The van der Waals surface area contributed by atoms with Crippen molar-refractivity contribution >= 4 is 11.8 Å². The van der Waals surface area contributed by atoms with Gasteiger partial charge in [-0.05, 0) is 37.1 Å². The molecular weight excluding hydrogens is 361 g/mol. The Morgan fingerprint density at radius 3 is 3.00 bits per heavy atom. The fourth-order valence-electron chi connectivity index (χ4n) is 4.21. The van der Waals surface area contributed by atoms with E-state index in [-0.39, 0.29) is 29.8 Å². The quantitative estimate of drug-likeness (QED) is 0.879. The fourth-order valence-corrected chi connectivity index (χ4v) is 4.21. The van der Waals surface area contributed by atoms with E-state index in [1.54, 1.807) is 42.4 Å². The van der Waals surface area contributed by atoms with Crippen LogP contribution >= 0.6 is 0 Å². The molecule has 1 spiro atoms. The van der Waals surface area contributed by atoms with Crippen LogP contribution in [0.4, 0.5) is 4.39 Å². The highest BCUT2D eigenvalue weighted by Gasteiger charge is 2.55. The Labute approximate surface area is 162 Å². The van der Waals surface area contributed by atoms with E-state index in [2.05, 4.69) is 10.3 Å². The predicted molar refractivity (Wildman–Crippen MR) is 100 cm³/mol. The first-order valence-corrected chi connectivity index (χ1v) is 9.37. The van der Waals surface area contributed by atoms with E-state index in [1.165, 1.54) is 6.07 Å². The molecule has 1 aromatic heterocycles. The summed E-state index contributed by atoms with van der Waals surface area (Å²) in [7, 11) is 0. The van der Waals surface area contributed by atoms with Crippen molar-refractivity contribution < 1.29 is 18.7 Å². The molecule has 146 valence electrons. The van der Waals surface area contributed by atoms with Gasteiger partial charge in [-0.15, -0.1) is 0 Å².